The fourth-order valence-electron chi connectivity index (χ4n) is 3.21. The maximum absolute atomic E-state index is 13.1. The van der Waals surface area contributed by atoms with Crippen molar-refractivity contribution in [3.05, 3.63) is 83.4 Å². The lowest BCUT2D eigenvalue weighted by atomic mass is 10.1. The zero-order chi connectivity index (χ0) is 22.9. The quantitative estimate of drug-likeness (QED) is 0.250. The van der Waals surface area contributed by atoms with Crippen LogP contribution in [-0.4, -0.2) is 60.8 Å². The van der Waals surface area contributed by atoms with Crippen molar-refractivity contribution in [1.29, 1.82) is 0 Å². The summed E-state index contributed by atoms with van der Waals surface area (Å²) in [6.07, 6.45) is 3.37. The van der Waals surface area contributed by atoms with Crippen LogP contribution >= 0.6 is 24.0 Å². The smallest absolute Gasteiger partial charge is 0.253 e. The van der Waals surface area contributed by atoms with Crippen molar-refractivity contribution >= 4 is 35.8 Å². The van der Waals surface area contributed by atoms with E-state index in [4.69, 9.17) is 0 Å². The van der Waals surface area contributed by atoms with E-state index in [1.807, 2.05) is 36.5 Å². The molecular formula is C24H30FIN6O. The number of guanidine groups is 1. The molecule has 3 aromatic rings. The molecule has 0 spiro atoms. The van der Waals surface area contributed by atoms with Crippen molar-refractivity contribution in [2.24, 2.45) is 4.99 Å². The van der Waals surface area contributed by atoms with E-state index in [-0.39, 0.29) is 35.7 Å². The molecule has 0 unspecified atom stereocenters. The summed E-state index contributed by atoms with van der Waals surface area (Å²) in [6, 6.07) is 15.9. The van der Waals surface area contributed by atoms with Crippen molar-refractivity contribution in [2.75, 3.05) is 34.2 Å². The summed E-state index contributed by atoms with van der Waals surface area (Å²) >= 11 is 0. The summed E-state index contributed by atoms with van der Waals surface area (Å²) in [5.74, 6) is 0.446. The van der Waals surface area contributed by atoms with Gasteiger partial charge in [0, 0.05) is 52.4 Å². The van der Waals surface area contributed by atoms with Gasteiger partial charge in [-0.05, 0) is 54.4 Å². The van der Waals surface area contributed by atoms with Crippen LogP contribution < -0.4 is 10.6 Å². The third kappa shape index (κ3) is 7.85. The van der Waals surface area contributed by atoms with Crippen molar-refractivity contribution in [3.8, 4) is 5.69 Å². The first-order chi connectivity index (χ1) is 15.5. The number of benzene rings is 2. The van der Waals surface area contributed by atoms with Gasteiger partial charge in [-0.15, -0.1) is 24.0 Å². The highest BCUT2D eigenvalue weighted by molar-refractivity contribution is 14.0. The maximum atomic E-state index is 13.1. The molecule has 176 valence electrons. The first-order valence-corrected chi connectivity index (χ1v) is 10.5. The Kier molecular flexibility index (Phi) is 10.3. The molecule has 33 heavy (non-hydrogen) atoms. The molecule has 0 saturated carbocycles. The Bertz CT molecular complexity index is 1060. The minimum absolute atomic E-state index is 0. The Morgan fingerprint density at radius 1 is 1.06 bits per heavy atom. The second-order valence-corrected chi connectivity index (χ2v) is 7.55. The summed E-state index contributed by atoms with van der Waals surface area (Å²) in [4.78, 5) is 17.9. The zero-order valence-electron chi connectivity index (χ0n) is 19.1. The largest absolute Gasteiger partial charge is 0.356 e. The SMILES string of the molecule is CN=C(NCCc1cccc(C(=O)N(C)C)c1)NCCc1ccn(-c2ccc(F)cc2)n1.I. The molecule has 0 atom stereocenters. The Morgan fingerprint density at radius 3 is 2.42 bits per heavy atom. The van der Waals surface area contributed by atoms with Gasteiger partial charge >= 0.3 is 0 Å². The monoisotopic (exact) mass is 564 g/mol. The minimum atomic E-state index is -0.265. The van der Waals surface area contributed by atoms with E-state index in [1.165, 1.54) is 12.1 Å². The molecule has 7 nitrogen and oxygen atoms in total. The van der Waals surface area contributed by atoms with Gasteiger partial charge in [-0.25, -0.2) is 9.07 Å². The highest BCUT2D eigenvalue weighted by Crippen LogP contribution is 2.09. The molecule has 0 fully saturated rings. The Balaban J connectivity index is 0.00000385. The zero-order valence-corrected chi connectivity index (χ0v) is 21.4. The molecule has 0 aliphatic carbocycles. The number of hydrogen-bond acceptors (Lipinski definition) is 3. The van der Waals surface area contributed by atoms with Crippen LogP contribution in [0.3, 0.4) is 0 Å². The average molecular weight is 564 g/mol. The Morgan fingerprint density at radius 2 is 1.76 bits per heavy atom. The van der Waals surface area contributed by atoms with Crippen LogP contribution in [0.25, 0.3) is 5.69 Å². The highest BCUT2D eigenvalue weighted by Gasteiger charge is 2.08. The van der Waals surface area contributed by atoms with Crippen LogP contribution in [-0.2, 0) is 12.8 Å². The lowest BCUT2D eigenvalue weighted by molar-refractivity contribution is 0.0827. The van der Waals surface area contributed by atoms with Crippen LogP contribution in [0.4, 0.5) is 4.39 Å². The molecule has 2 N–H and O–H groups in total. The van der Waals surface area contributed by atoms with Crippen molar-refractivity contribution < 1.29 is 9.18 Å². The van der Waals surface area contributed by atoms with Gasteiger partial charge in [0.15, 0.2) is 5.96 Å². The van der Waals surface area contributed by atoms with Gasteiger partial charge in [-0.2, -0.15) is 5.10 Å². The second kappa shape index (κ2) is 12.9. The summed E-state index contributed by atoms with van der Waals surface area (Å²) in [6.45, 7) is 1.37. The van der Waals surface area contributed by atoms with E-state index in [1.54, 1.807) is 42.9 Å². The lowest BCUT2D eigenvalue weighted by Gasteiger charge is -2.13. The topological polar surface area (TPSA) is 74.6 Å². The Hall–Kier alpha value is -2.95. The summed E-state index contributed by atoms with van der Waals surface area (Å²) in [7, 11) is 5.23. The second-order valence-electron chi connectivity index (χ2n) is 7.55. The van der Waals surface area contributed by atoms with E-state index < -0.39 is 0 Å². The third-order valence-corrected chi connectivity index (χ3v) is 4.92. The summed E-state index contributed by atoms with van der Waals surface area (Å²) in [5, 5.41) is 11.1. The lowest BCUT2D eigenvalue weighted by Crippen LogP contribution is -2.39. The van der Waals surface area contributed by atoms with Gasteiger partial charge in [-0.3, -0.25) is 9.79 Å². The van der Waals surface area contributed by atoms with Gasteiger partial charge in [-0.1, -0.05) is 12.1 Å². The first-order valence-electron chi connectivity index (χ1n) is 10.5. The number of halogens is 2. The molecule has 0 aliphatic heterocycles. The minimum Gasteiger partial charge on any atom is -0.356 e. The van der Waals surface area contributed by atoms with Gasteiger partial charge in [0.25, 0.3) is 5.91 Å². The van der Waals surface area contributed by atoms with E-state index in [0.717, 1.165) is 29.8 Å². The highest BCUT2D eigenvalue weighted by atomic mass is 127. The predicted molar refractivity (Wildman–Crippen MR) is 140 cm³/mol. The molecule has 2 aromatic carbocycles. The molecule has 9 heteroatoms. The average Bonchev–Trinajstić information content (AvgIpc) is 3.27. The van der Waals surface area contributed by atoms with E-state index >= 15 is 0 Å². The van der Waals surface area contributed by atoms with Crippen LogP contribution in [0.1, 0.15) is 21.6 Å². The first kappa shape index (κ1) is 26.3. The van der Waals surface area contributed by atoms with Crippen LogP contribution in [0.5, 0.6) is 0 Å². The van der Waals surface area contributed by atoms with Gasteiger partial charge in [0.2, 0.25) is 0 Å². The predicted octanol–water partition coefficient (Wildman–Crippen LogP) is 3.28. The fourth-order valence-corrected chi connectivity index (χ4v) is 3.21. The molecule has 1 heterocycles. The van der Waals surface area contributed by atoms with Crippen molar-refractivity contribution in [2.45, 2.75) is 12.8 Å². The number of amides is 1. The number of aromatic nitrogens is 2. The van der Waals surface area contributed by atoms with E-state index in [9.17, 15) is 9.18 Å². The van der Waals surface area contributed by atoms with Crippen molar-refractivity contribution in [3.63, 3.8) is 0 Å². The number of carbonyl (C=O) groups is 1. The van der Waals surface area contributed by atoms with Gasteiger partial charge in [0.05, 0.1) is 11.4 Å². The standard InChI is InChI=1S/C24H29FN6O.HI/c1-26-24(27-14-11-18-5-4-6-19(17-18)23(32)30(2)3)28-15-12-21-13-16-31(29-21)22-9-7-20(25)8-10-22;/h4-10,13,16-17H,11-12,14-15H2,1-3H3,(H2,26,27,28);1H. The van der Waals surface area contributed by atoms with Crippen LogP contribution in [0, 0.1) is 5.82 Å². The van der Waals surface area contributed by atoms with Crippen LogP contribution in [0.15, 0.2) is 65.8 Å². The molecule has 0 saturated heterocycles. The van der Waals surface area contributed by atoms with Crippen LogP contribution in [0.2, 0.25) is 0 Å². The third-order valence-electron chi connectivity index (χ3n) is 4.92. The van der Waals surface area contributed by atoms with E-state index in [2.05, 4.69) is 20.7 Å². The Labute approximate surface area is 211 Å². The van der Waals surface area contributed by atoms with Gasteiger partial charge in [0.1, 0.15) is 5.82 Å². The van der Waals surface area contributed by atoms with E-state index in [0.29, 0.717) is 24.6 Å². The summed E-state index contributed by atoms with van der Waals surface area (Å²) in [5.41, 5.74) is 3.53. The molecule has 1 aromatic heterocycles. The molecule has 0 aliphatic rings. The normalized spacial score (nSPS) is 11.0. The number of rotatable bonds is 8. The number of nitrogens with one attached hydrogen (secondary N) is 2. The van der Waals surface area contributed by atoms with Gasteiger partial charge < -0.3 is 15.5 Å². The number of carbonyl (C=O) groups excluding carboxylic acids is 1. The fraction of sp³-hybridized carbons (Fsp3) is 0.292. The number of nitrogens with zero attached hydrogens (tertiary/aromatic N) is 4. The summed E-state index contributed by atoms with van der Waals surface area (Å²) < 4.78 is 14.8. The molecule has 0 bridgehead atoms. The molecule has 0 radical (unpaired) electrons. The number of aliphatic imine (C=N–C) groups is 1. The molecule has 3 rings (SSSR count). The number of hydrogen-bond donors (Lipinski definition) is 2. The maximum Gasteiger partial charge on any atom is 0.253 e. The molecular weight excluding hydrogens is 534 g/mol. The molecule has 1 amide bonds. The van der Waals surface area contributed by atoms with Crippen molar-refractivity contribution in [1.82, 2.24) is 25.3 Å².